The highest BCUT2D eigenvalue weighted by atomic mass is 32.1. The first-order valence-corrected chi connectivity index (χ1v) is 8.16. The normalized spacial score (nSPS) is 19.4. The first-order chi connectivity index (χ1) is 9.72. The van der Waals surface area contributed by atoms with Crippen LogP contribution in [0.2, 0.25) is 0 Å². The molecule has 0 aliphatic carbocycles. The zero-order valence-corrected chi connectivity index (χ0v) is 12.7. The molecule has 2 aromatic rings. The second-order valence-electron chi connectivity index (χ2n) is 5.66. The molecule has 1 aromatic heterocycles. The minimum absolute atomic E-state index is 0.288. The summed E-state index contributed by atoms with van der Waals surface area (Å²) in [7, 11) is 0. The highest BCUT2D eigenvalue weighted by molar-refractivity contribution is 7.18. The third-order valence-corrected chi connectivity index (χ3v) is 5.00. The van der Waals surface area contributed by atoms with Crippen molar-refractivity contribution in [2.75, 3.05) is 13.1 Å². The van der Waals surface area contributed by atoms with E-state index in [1.54, 1.807) is 11.3 Å². The quantitative estimate of drug-likeness (QED) is 0.866. The lowest BCUT2D eigenvalue weighted by Gasteiger charge is -2.30. The molecule has 1 aromatic carbocycles. The minimum atomic E-state index is 0.288. The molecule has 1 fully saturated rings. The van der Waals surface area contributed by atoms with Gasteiger partial charge in [-0.15, -0.1) is 11.3 Å². The minimum Gasteiger partial charge on any atom is -0.342 e. The number of hydrogen-bond donors (Lipinski definition) is 0. The van der Waals surface area contributed by atoms with Crippen LogP contribution in [-0.2, 0) is 11.2 Å². The zero-order valence-electron chi connectivity index (χ0n) is 11.8. The summed E-state index contributed by atoms with van der Waals surface area (Å²) in [4.78, 5) is 18.9. The van der Waals surface area contributed by atoms with Crippen molar-refractivity contribution >= 4 is 27.5 Å². The van der Waals surface area contributed by atoms with Gasteiger partial charge in [0.15, 0.2) is 0 Å². The Kier molecular flexibility index (Phi) is 4.01. The van der Waals surface area contributed by atoms with E-state index in [-0.39, 0.29) is 5.91 Å². The summed E-state index contributed by atoms with van der Waals surface area (Å²) in [5, 5.41) is 1.07. The topological polar surface area (TPSA) is 33.2 Å². The van der Waals surface area contributed by atoms with Gasteiger partial charge in [0.1, 0.15) is 0 Å². The van der Waals surface area contributed by atoms with E-state index in [9.17, 15) is 4.79 Å². The summed E-state index contributed by atoms with van der Waals surface area (Å²) < 4.78 is 1.21. The number of thiazole rings is 1. The van der Waals surface area contributed by atoms with E-state index in [0.717, 1.165) is 36.5 Å². The van der Waals surface area contributed by atoms with Crippen molar-refractivity contribution in [3.05, 3.63) is 29.3 Å². The number of benzene rings is 1. The zero-order chi connectivity index (χ0) is 13.9. The number of likely N-dealkylation sites (tertiary alicyclic amines) is 1. The van der Waals surface area contributed by atoms with Crippen molar-refractivity contribution in [3.63, 3.8) is 0 Å². The molecule has 0 unspecified atom stereocenters. The van der Waals surface area contributed by atoms with Crippen molar-refractivity contribution in [2.24, 2.45) is 5.92 Å². The van der Waals surface area contributed by atoms with Gasteiger partial charge in [-0.3, -0.25) is 4.79 Å². The second-order valence-corrected chi connectivity index (χ2v) is 6.78. The van der Waals surface area contributed by atoms with Gasteiger partial charge in [0.05, 0.1) is 15.2 Å². The molecule has 0 spiro atoms. The number of aromatic nitrogens is 1. The van der Waals surface area contributed by atoms with E-state index in [0.29, 0.717) is 12.3 Å². The maximum atomic E-state index is 12.2. The number of rotatable bonds is 3. The summed E-state index contributed by atoms with van der Waals surface area (Å²) in [6.45, 7) is 4.09. The molecule has 2 heterocycles. The number of piperidine rings is 1. The highest BCUT2D eigenvalue weighted by Crippen LogP contribution is 2.23. The molecule has 1 atom stereocenters. The van der Waals surface area contributed by atoms with E-state index < -0.39 is 0 Å². The summed E-state index contributed by atoms with van der Waals surface area (Å²) in [5.74, 6) is 0.936. The number of fused-ring (bicyclic) bond motifs is 1. The first kappa shape index (κ1) is 13.6. The Balaban J connectivity index is 1.59. The Morgan fingerprint density at radius 3 is 3.10 bits per heavy atom. The first-order valence-electron chi connectivity index (χ1n) is 7.34. The molecule has 1 saturated heterocycles. The van der Waals surface area contributed by atoms with E-state index in [1.165, 1.54) is 11.1 Å². The van der Waals surface area contributed by atoms with E-state index >= 15 is 0 Å². The summed E-state index contributed by atoms with van der Waals surface area (Å²) in [6, 6.07) is 8.16. The van der Waals surface area contributed by atoms with Gasteiger partial charge < -0.3 is 4.90 Å². The van der Waals surface area contributed by atoms with E-state index in [2.05, 4.69) is 18.0 Å². The summed E-state index contributed by atoms with van der Waals surface area (Å²) >= 11 is 1.70. The Hall–Kier alpha value is -1.42. The number of amides is 1. The van der Waals surface area contributed by atoms with E-state index in [4.69, 9.17) is 0 Å². The smallest absolute Gasteiger partial charge is 0.222 e. The standard InChI is InChI=1S/C16H20N2OS/c1-12-5-4-10-18(11-12)16(19)9-8-15-17-13-6-2-3-7-14(13)20-15/h2-3,6-7,12H,4-5,8-11H2,1H3/t12-/m1/s1. The lowest BCUT2D eigenvalue weighted by atomic mass is 10.00. The van der Waals surface area contributed by atoms with Crippen LogP contribution in [0.25, 0.3) is 10.2 Å². The van der Waals surface area contributed by atoms with Crippen molar-refractivity contribution < 1.29 is 4.79 Å². The monoisotopic (exact) mass is 288 g/mol. The third kappa shape index (κ3) is 3.01. The molecule has 4 heteroatoms. The predicted molar refractivity (Wildman–Crippen MR) is 82.9 cm³/mol. The molecular weight excluding hydrogens is 268 g/mol. The van der Waals surface area contributed by atoms with Crippen LogP contribution in [0.5, 0.6) is 0 Å². The number of aryl methyl sites for hydroxylation is 1. The SMILES string of the molecule is C[C@@H]1CCCN(C(=O)CCc2nc3ccccc3s2)C1. The number of hydrogen-bond acceptors (Lipinski definition) is 3. The number of carbonyl (C=O) groups is 1. The van der Waals surface area contributed by atoms with Gasteiger partial charge in [-0.2, -0.15) is 0 Å². The van der Waals surface area contributed by atoms with Gasteiger partial charge in [-0.1, -0.05) is 19.1 Å². The molecule has 1 amide bonds. The van der Waals surface area contributed by atoms with Crippen LogP contribution in [0.1, 0.15) is 31.2 Å². The van der Waals surface area contributed by atoms with Crippen LogP contribution >= 0.6 is 11.3 Å². The van der Waals surface area contributed by atoms with Crippen molar-refractivity contribution in [3.8, 4) is 0 Å². The average Bonchev–Trinajstić information content (AvgIpc) is 2.87. The van der Waals surface area contributed by atoms with Crippen LogP contribution in [0.15, 0.2) is 24.3 Å². The van der Waals surface area contributed by atoms with Crippen LogP contribution in [-0.4, -0.2) is 28.9 Å². The van der Waals surface area contributed by atoms with Crippen LogP contribution in [0.3, 0.4) is 0 Å². The summed E-state index contributed by atoms with van der Waals surface area (Å²) in [6.07, 6.45) is 3.76. The number of para-hydroxylation sites is 1. The molecule has 3 nitrogen and oxygen atoms in total. The number of carbonyl (C=O) groups excluding carboxylic acids is 1. The van der Waals surface area contributed by atoms with Gasteiger partial charge >= 0.3 is 0 Å². The lowest BCUT2D eigenvalue weighted by molar-refractivity contribution is -0.132. The Labute approximate surface area is 123 Å². The molecule has 1 aliphatic rings. The lowest BCUT2D eigenvalue weighted by Crippen LogP contribution is -2.39. The average molecular weight is 288 g/mol. The molecule has 106 valence electrons. The van der Waals surface area contributed by atoms with Gasteiger partial charge in [0.2, 0.25) is 5.91 Å². The number of nitrogens with zero attached hydrogens (tertiary/aromatic N) is 2. The van der Waals surface area contributed by atoms with Crippen molar-refractivity contribution in [1.82, 2.24) is 9.88 Å². The van der Waals surface area contributed by atoms with Gasteiger partial charge in [0.25, 0.3) is 0 Å². The largest absolute Gasteiger partial charge is 0.342 e. The predicted octanol–water partition coefficient (Wildman–Crippen LogP) is 3.49. The fourth-order valence-corrected chi connectivity index (χ4v) is 3.78. The summed E-state index contributed by atoms with van der Waals surface area (Å²) in [5.41, 5.74) is 1.05. The fourth-order valence-electron chi connectivity index (χ4n) is 2.81. The highest BCUT2D eigenvalue weighted by Gasteiger charge is 2.20. The van der Waals surface area contributed by atoms with Gasteiger partial charge in [0, 0.05) is 25.9 Å². The third-order valence-electron chi connectivity index (χ3n) is 3.90. The van der Waals surface area contributed by atoms with Crippen LogP contribution < -0.4 is 0 Å². The molecule has 3 rings (SSSR count). The van der Waals surface area contributed by atoms with Gasteiger partial charge in [-0.05, 0) is 30.9 Å². The Bertz CT molecular complexity index is 574. The van der Waals surface area contributed by atoms with E-state index in [1.807, 2.05) is 23.1 Å². The second kappa shape index (κ2) is 5.92. The molecule has 0 radical (unpaired) electrons. The van der Waals surface area contributed by atoms with Gasteiger partial charge in [-0.25, -0.2) is 4.98 Å². The van der Waals surface area contributed by atoms with Crippen molar-refractivity contribution in [2.45, 2.75) is 32.6 Å². The Morgan fingerprint density at radius 1 is 1.45 bits per heavy atom. The maximum absolute atomic E-state index is 12.2. The van der Waals surface area contributed by atoms with Crippen molar-refractivity contribution in [1.29, 1.82) is 0 Å². The molecular formula is C16H20N2OS. The molecule has 1 aliphatic heterocycles. The molecule has 0 bridgehead atoms. The fraction of sp³-hybridized carbons (Fsp3) is 0.500. The Morgan fingerprint density at radius 2 is 2.30 bits per heavy atom. The molecule has 20 heavy (non-hydrogen) atoms. The maximum Gasteiger partial charge on any atom is 0.222 e. The molecule has 0 saturated carbocycles. The van der Waals surface area contributed by atoms with Crippen LogP contribution in [0, 0.1) is 5.92 Å². The van der Waals surface area contributed by atoms with Crippen LogP contribution in [0.4, 0.5) is 0 Å². The molecule has 0 N–H and O–H groups in total.